The number of fused-ring (bicyclic) bond motifs is 2. The Hall–Kier alpha value is -0.320. The van der Waals surface area contributed by atoms with Crippen molar-refractivity contribution in [2.45, 2.75) is 43.8 Å². The van der Waals surface area contributed by atoms with Crippen LogP contribution in [0.5, 0.6) is 0 Å². The number of aromatic nitrogens is 1. The summed E-state index contributed by atoms with van der Waals surface area (Å²) in [7, 11) is 0. The number of nitrogens with zero attached hydrogens (tertiary/aromatic N) is 2. The average molecular weight is 317 g/mol. The maximum absolute atomic E-state index is 6.29. The van der Waals surface area contributed by atoms with Crippen molar-refractivity contribution in [1.29, 1.82) is 0 Å². The fraction of sp³-hybridized carbons (Fsp3) is 0.583. The van der Waals surface area contributed by atoms with Crippen molar-refractivity contribution >= 4 is 33.3 Å². The topological polar surface area (TPSA) is 42.1 Å². The molecule has 2 fully saturated rings. The Morgan fingerprint density at radius 1 is 1.35 bits per heavy atom. The van der Waals surface area contributed by atoms with E-state index < -0.39 is 0 Å². The van der Waals surface area contributed by atoms with E-state index in [1.165, 1.54) is 12.8 Å². The molecular weight excluding hydrogens is 302 g/mol. The van der Waals surface area contributed by atoms with Crippen LogP contribution in [0.25, 0.3) is 0 Å². The summed E-state index contributed by atoms with van der Waals surface area (Å²) in [5.74, 6) is 0.925. The number of nitrogens with two attached hydrogens (primary N) is 1. The van der Waals surface area contributed by atoms with Gasteiger partial charge in [0.2, 0.25) is 0 Å². The molecule has 3 rings (SSSR count). The molecule has 0 amide bonds. The maximum Gasteiger partial charge on any atom is 0.147 e. The zero-order chi connectivity index (χ0) is 12.0. The van der Waals surface area contributed by atoms with E-state index in [1.807, 2.05) is 12.3 Å². The zero-order valence-electron chi connectivity index (χ0n) is 9.44. The van der Waals surface area contributed by atoms with Crippen molar-refractivity contribution in [3.05, 3.63) is 21.8 Å². The van der Waals surface area contributed by atoms with Gasteiger partial charge in [-0.1, -0.05) is 11.6 Å². The maximum atomic E-state index is 6.29. The molecule has 2 bridgehead atoms. The van der Waals surface area contributed by atoms with E-state index in [-0.39, 0.29) is 0 Å². The first-order valence-corrected chi connectivity index (χ1v) is 7.17. The van der Waals surface area contributed by atoms with E-state index in [0.717, 1.165) is 28.2 Å². The van der Waals surface area contributed by atoms with Gasteiger partial charge in [0.25, 0.3) is 0 Å². The molecule has 0 saturated carbocycles. The van der Waals surface area contributed by atoms with E-state index in [0.29, 0.717) is 18.1 Å². The van der Waals surface area contributed by atoms with Crippen LogP contribution in [0.1, 0.15) is 25.7 Å². The third-order valence-corrected chi connectivity index (χ3v) is 4.51. The highest BCUT2D eigenvalue weighted by Crippen LogP contribution is 2.40. The Balaban J connectivity index is 1.94. The van der Waals surface area contributed by atoms with Crippen LogP contribution < -0.4 is 10.6 Å². The number of hydrogen-bond acceptors (Lipinski definition) is 3. The highest BCUT2D eigenvalue weighted by molar-refractivity contribution is 9.10. The lowest BCUT2D eigenvalue weighted by atomic mass is 9.98. The lowest BCUT2D eigenvalue weighted by Gasteiger charge is -2.39. The van der Waals surface area contributed by atoms with Crippen LogP contribution in [0.15, 0.2) is 16.7 Å². The molecule has 2 saturated heterocycles. The summed E-state index contributed by atoms with van der Waals surface area (Å²) in [5.41, 5.74) is 6.07. The standard InChI is InChI=1S/C12H15BrClN3/c13-7-3-11(14)12(16-6-7)17-9-1-2-10(17)5-8(15)4-9/h3,6,8-10H,1-2,4-5,15H2. The molecule has 2 atom stereocenters. The molecule has 0 radical (unpaired) electrons. The van der Waals surface area contributed by atoms with E-state index >= 15 is 0 Å². The zero-order valence-corrected chi connectivity index (χ0v) is 11.8. The molecule has 0 aliphatic carbocycles. The summed E-state index contributed by atoms with van der Waals surface area (Å²) in [6.07, 6.45) is 6.36. The molecule has 5 heteroatoms. The van der Waals surface area contributed by atoms with Gasteiger partial charge in [-0.25, -0.2) is 4.98 Å². The van der Waals surface area contributed by atoms with Gasteiger partial charge in [0.05, 0.1) is 5.02 Å². The van der Waals surface area contributed by atoms with Gasteiger partial charge in [-0.3, -0.25) is 0 Å². The second-order valence-electron chi connectivity index (χ2n) is 4.98. The first-order valence-electron chi connectivity index (χ1n) is 6.00. The third-order valence-electron chi connectivity index (χ3n) is 3.80. The predicted octanol–water partition coefficient (Wildman–Crippen LogP) is 2.96. The molecule has 3 heterocycles. The van der Waals surface area contributed by atoms with Gasteiger partial charge in [0.15, 0.2) is 0 Å². The first-order chi connectivity index (χ1) is 8.15. The number of piperidine rings is 1. The van der Waals surface area contributed by atoms with Crippen molar-refractivity contribution in [2.24, 2.45) is 5.73 Å². The summed E-state index contributed by atoms with van der Waals surface area (Å²) < 4.78 is 0.923. The molecule has 0 aromatic carbocycles. The van der Waals surface area contributed by atoms with Crippen LogP contribution in [-0.4, -0.2) is 23.1 Å². The Kier molecular flexibility index (Phi) is 3.05. The van der Waals surface area contributed by atoms with Crippen LogP contribution >= 0.6 is 27.5 Å². The first kappa shape index (κ1) is 11.8. The molecule has 1 aromatic heterocycles. The van der Waals surface area contributed by atoms with Gasteiger partial charge < -0.3 is 10.6 Å². The number of pyridine rings is 1. The molecule has 3 nitrogen and oxygen atoms in total. The van der Waals surface area contributed by atoms with Crippen LogP contribution in [-0.2, 0) is 0 Å². The van der Waals surface area contributed by atoms with Crippen LogP contribution in [0.2, 0.25) is 5.02 Å². The molecule has 2 unspecified atom stereocenters. The second-order valence-corrected chi connectivity index (χ2v) is 6.31. The summed E-state index contributed by atoms with van der Waals surface area (Å²) in [6.45, 7) is 0. The number of rotatable bonds is 1. The minimum atomic E-state index is 0.345. The van der Waals surface area contributed by atoms with Crippen LogP contribution in [0.3, 0.4) is 0 Å². The molecule has 0 spiro atoms. The summed E-state index contributed by atoms with van der Waals surface area (Å²) in [5, 5.41) is 0.728. The van der Waals surface area contributed by atoms with Crippen molar-refractivity contribution < 1.29 is 0 Å². The summed E-state index contributed by atoms with van der Waals surface area (Å²) in [4.78, 5) is 6.86. The van der Waals surface area contributed by atoms with E-state index in [4.69, 9.17) is 17.3 Å². The molecule has 17 heavy (non-hydrogen) atoms. The largest absolute Gasteiger partial charge is 0.349 e. The lowest BCUT2D eigenvalue weighted by Crippen LogP contribution is -2.48. The Morgan fingerprint density at radius 2 is 2.00 bits per heavy atom. The smallest absolute Gasteiger partial charge is 0.147 e. The minimum Gasteiger partial charge on any atom is -0.349 e. The van der Waals surface area contributed by atoms with Crippen molar-refractivity contribution in [3.63, 3.8) is 0 Å². The molecule has 2 N–H and O–H groups in total. The van der Waals surface area contributed by atoms with Crippen molar-refractivity contribution in [3.8, 4) is 0 Å². The fourth-order valence-corrected chi connectivity index (χ4v) is 3.89. The van der Waals surface area contributed by atoms with Gasteiger partial charge in [-0.05, 0) is 47.7 Å². The van der Waals surface area contributed by atoms with E-state index in [9.17, 15) is 0 Å². The number of anilines is 1. The highest BCUT2D eigenvalue weighted by atomic mass is 79.9. The SMILES string of the molecule is NC1CC2CCC(C1)N2c1ncc(Br)cc1Cl. The second kappa shape index (κ2) is 4.41. The number of halogens is 2. The fourth-order valence-electron chi connectivity index (χ4n) is 3.16. The van der Waals surface area contributed by atoms with Crippen LogP contribution in [0.4, 0.5) is 5.82 Å². The average Bonchev–Trinajstić information content (AvgIpc) is 2.53. The normalized spacial score (nSPS) is 31.9. The Bertz CT molecular complexity index is 426. The predicted molar refractivity (Wildman–Crippen MR) is 73.4 cm³/mol. The molecule has 2 aliphatic heterocycles. The quantitative estimate of drug-likeness (QED) is 0.866. The molecule has 1 aromatic rings. The van der Waals surface area contributed by atoms with Crippen LogP contribution in [0, 0.1) is 0 Å². The van der Waals surface area contributed by atoms with E-state index in [1.54, 1.807) is 0 Å². The van der Waals surface area contributed by atoms with Gasteiger partial charge >= 0.3 is 0 Å². The third kappa shape index (κ3) is 2.07. The number of hydrogen-bond donors (Lipinski definition) is 1. The van der Waals surface area contributed by atoms with Crippen molar-refractivity contribution in [1.82, 2.24) is 4.98 Å². The van der Waals surface area contributed by atoms with E-state index in [2.05, 4.69) is 25.8 Å². The van der Waals surface area contributed by atoms with Gasteiger partial charge in [0, 0.05) is 28.8 Å². The van der Waals surface area contributed by atoms with Gasteiger partial charge in [0.1, 0.15) is 5.82 Å². The summed E-state index contributed by atoms with van der Waals surface area (Å²) >= 11 is 9.68. The molecular formula is C12H15BrClN3. The summed E-state index contributed by atoms with van der Waals surface area (Å²) in [6, 6.07) is 3.31. The lowest BCUT2D eigenvalue weighted by molar-refractivity contribution is 0.412. The Morgan fingerprint density at radius 3 is 2.59 bits per heavy atom. The Labute approximate surface area is 114 Å². The highest BCUT2D eigenvalue weighted by Gasteiger charge is 2.40. The van der Waals surface area contributed by atoms with Crippen molar-refractivity contribution in [2.75, 3.05) is 4.90 Å². The van der Waals surface area contributed by atoms with Gasteiger partial charge in [-0.15, -0.1) is 0 Å². The monoisotopic (exact) mass is 315 g/mol. The molecule has 92 valence electrons. The minimum absolute atomic E-state index is 0.345. The van der Waals surface area contributed by atoms with Gasteiger partial charge in [-0.2, -0.15) is 0 Å². The molecule has 2 aliphatic rings.